The molecule has 1 atom stereocenters. The monoisotopic (exact) mass is 575 g/mol. The third-order valence-electron chi connectivity index (χ3n) is 5.83. The molecular formula is C23H29F3IN5O. The number of morpholine rings is 1. The average Bonchev–Trinajstić information content (AvgIpc) is 3.25. The highest BCUT2D eigenvalue weighted by molar-refractivity contribution is 14.0. The third kappa shape index (κ3) is 6.44. The number of anilines is 2. The Balaban J connectivity index is 0.00000306. The van der Waals surface area contributed by atoms with E-state index in [0.717, 1.165) is 18.1 Å². The Bertz CT molecular complexity index is 971. The maximum atomic E-state index is 14.6. The van der Waals surface area contributed by atoms with Gasteiger partial charge in [-0.05, 0) is 36.2 Å². The molecule has 0 aromatic heterocycles. The molecule has 0 amide bonds. The quantitative estimate of drug-likeness (QED) is 0.325. The summed E-state index contributed by atoms with van der Waals surface area (Å²) in [5.41, 5.74) is 1.80. The van der Waals surface area contributed by atoms with E-state index in [1.165, 1.54) is 12.1 Å². The zero-order chi connectivity index (χ0) is 22.5. The van der Waals surface area contributed by atoms with Gasteiger partial charge in [-0.2, -0.15) is 0 Å². The van der Waals surface area contributed by atoms with Gasteiger partial charge in [0.1, 0.15) is 17.5 Å². The van der Waals surface area contributed by atoms with Gasteiger partial charge in [-0.1, -0.05) is 6.07 Å². The summed E-state index contributed by atoms with van der Waals surface area (Å²) in [7, 11) is 1.67. The topological polar surface area (TPSA) is 52.1 Å². The number of hydrogen-bond donors (Lipinski definition) is 2. The van der Waals surface area contributed by atoms with Crippen LogP contribution in [0.4, 0.5) is 24.5 Å². The predicted octanol–water partition coefficient (Wildman–Crippen LogP) is 3.50. The Morgan fingerprint density at radius 2 is 1.70 bits per heavy atom. The minimum atomic E-state index is -0.584. The van der Waals surface area contributed by atoms with Crippen LogP contribution in [0.3, 0.4) is 0 Å². The van der Waals surface area contributed by atoms with Gasteiger partial charge in [0, 0.05) is 51.9 Å². The number of nitrogens with zero attached hydrogens (tertiary/aromatic N) is 3. The zero-order valence-electron chi connectivity index (χ0n) is 18.5. The van der Waals surface area contributed by atoms with Crippen molar-refractivity contribution < 1.29 is 17.9 Å². The van der Waals surface area contributed by atoms with Gasteiger partial charge >= 0.3 is 0 Å². The van der Waals surface area contributed by atoms with Gasteiger partial charge in [-0.25, -0.2) is 13.2 Å². The van der Waals surface area contributed by atoms with Crippen molar-refractivity contribution in [2.24, 2.45) is 4.99 Å². The van der Waals surface area contributed by atoms with Crippen molar-refractivity contribution in [3.8, 4) is 0 Å². The molecule has 2 N–H and O–H groups in total. The molecule has 2 aliphatic rings. The van der Waals surface area contributed by atoms with Gasteiger partial charge in [0.25, 0.3) is 0 Å². The fourth-order valence-electron chi connectivity index (χ4n) is 4.13. The van der Waals surface area contributed by atoms with Crippen molar-refractivity contribution in [1.29, 1.82) is 0 Å². The number of benzene rings is 2. The highest BCUT2D eigenvalue weighted by Gasteiger charge is 2.25. The van der Waals surface area contributed by atoms with E-state index in [4.69, 9.17) is 4.74 Å². The number of ether oxygens (including phenoxy) is 1. The molecule has 0 bridgehead atoms. The molecule has 4 rings (SSSR count). The van der Waals surface area contributed by atoms with Crippen LogP contribution in [0.5, 0.6) is 0 Å². The van der Waals surface area contributed by atoms with Crippen LogP contribution in [0.15, 0.2) is 41.4 Å². The Hall–Kier alpha value is -2.21. The molecule has 2 aromatic carbocycles. The molecule has 2 aliphatic heterocycles. The lowest BCUT2D eigenvalue weighted by Gasteiger charge is -2.29. The van der Waals surface area contributed by atoms with Gasteiger partial charge in [0.2, 0.25) is 0 Å². The van der Waals surface area contributed by atoms with Crippen LogP contribution < -0.4 is 20.4 Å². The first-order valence-corrected chi connectivity index (χ1v) is 10.8. The lowest BCUT2D eigenvalue weighted by atomic mass is 10.1. The van der Waals surface area contributed by atoms with E-state index in [0.29, 0.717) is 63.3 Å². The lowest BCUT2D eigenvalue weighted by Crippen LogP contribution is -2.44. The van der Waals surface area contributed by atoms with Crippen LogP contribution in [-0.2, 0) is 11.3 Å². The second-order valence-electron chi connectivity index (χ2n) is 7.98. The van der Waals surface area contributed by atoms with E-state index >= 15 is 0 Å². The molecule has 2 heterocycles. The van der Waals surface area contributed by atoms with Gasteiger partial charge in [-0.3, -0.25) is 4.99 Å². The summed E-state index contributed by atoms with van der Waals surface area (Å²) >= 11 is 0. The zero-order valence-corrected chi connectivity index (χ0v) is 20.8. The molecule has 10 heteroatoms. The SMILES string of the molecule is CN=C(NCc1ccc(N2CCOCC2)c(F)c1)NC1CCN(c2ccc(F)cc2F)C1.I. The standard InChI is InChI=1S/C23H28F3N5O.HI/c1-27-23(29-18-6-7-31(15-18)22-5-3-17(24)13-20(22)26)28-14-16-2-4-21(19(25)12-16)30-8-10-32-11-9-30;/h2-5,12-13,18H,6-11,14-15H2,1H3,(H2,27,28,29);1H. The summed E-state index contributed by atoms with van der Waals surface area (Å²) < 4.78 is 47.2. The van der Waals surface area contributed by atoms with Gasteiger partial charge in [-0.15, -0.1) is 24.0 Å². The van der Waals surface area contributed by atoms with E-state index in [1.54, 1.807) is 19.2 Å². The normalized spacial score (nSPS) is 18.8. The summed E-state index contributed by atoms with van der Waals surface area (Å²) in [6, 6.07) is 8.95. The molecule has 0 saturated carbocycles. The van der Waals surface area contributed by atoms with Crippen molar-refractivity contribution in [2.45, 2.75) is 19.0 Å². The van der Waals surface area contributed by atoms with Crippen molar-refractivity contribution in [2.75, 3.05) is 56.2 Å². The summed E-state index contributed by atoms with van der Waals surface area (Å²) in [4.78, 5) is 8.12. The number of hydrogen-bond acceptors (Lipinski definition) is 4. The fourth-order valence-corrected chi connectivity index (χ4v) is 4.13. The maximum Gasteiger partial charge on any atom is 0.191 e. The Labute approximate surface area is 209 Å². The molecule has 6 nitrogen and oxygen atoms in total. The molecule has 2 aromatic rings. The van der Waals surface area contributed by atoms with E-state index in [-0.39, 0.29) is 35.8 Å². The second kappa shape index (κ2) is 11.8. The number of halogens is 4. The van der Waals surface area contributed by atoms with Crippen molar-refractivity contribution in [3.05, 3.63) is 59.4 Å². The summed E-state index contributed by atoms with van der Waals surface area (Å²) in [5.74, 6) is -0.800. The minimum absolute atomic E-state index is 0. The van der Waals surface area contributed by atoms with Crippen molar-refractivity contribution >= 4 is 41.3 Å². The van der Waals surface area contributed by atoms with Crippen LogP contribution in [0.2, 0.25) is 0 Å². The molecule has 2 fully saturated rings. The van der Waals surface area contributed by atoms with Crippen LogP contribution in [0.25, 0.3) is 0 Å². The van der Waals surface area contributed by atoms with Crippen LogP contribution >= 0.6 is 24.0 Å². The van der Waals surface area contributed by atoms with Gasteiger partial charge in [0.05, 0.1) is 24.6 Å². The van der Waals surface area contributed by atoms with Crippen molar-refractivity contribution in [3.63, 3.8) is 0 Å². The molecular weight excluding hydrogens is 546 g/mol. The largest absolute Gasteiger partial charge is 0.378 e. The molecule has 180 valence electrons. The average molecular weight is 575 g/mol. The van der Waals surface area contributed by atoms with Gasteiger partial charge in [0.15, 0.2) is 5.96 Å². The smallest absolute Gasteiger partial charge is 0.191 e. The third-order valence-corrected chi connectivity index (χ3v) is 5.83. The number of nitrogens with one attached hydrogen (secondary N) is 2. The molecule has 0 spiro atoms. The Kier molecular flexibility index (Phi) is 9.07. The summed E-state index contributed by atoms with van der Waals surface area (Å²) in [6.45, 7) is 4.24. The first-order valence-electron chi connectivity index (χ1n) is 10.8. The molecule has 33 heavy (non-hydrogen) atoms. The van der Waals surface area contributed by atoms with E-state index < -0.39 is 11.6 Å². The maximum absolute atomic E-state index is 14.6. The highest BCUT2D eigenvalue weighted by atomic mass is 127. The first kappa shape index (κ1) is 25.4. The molecule has 2 saturated heterocycles. The molecule has 1 unspecified atom stereocenters. The highest BCUT2D eigenvalue weighted by Crippen LogP contribution is 2.24. The summed E-state index contributed by atoms with van der Waals surface area (Å²) in [6.07, 6.45) is 0.792. The van der Waals surface area contributed by atoms with Crippen LogP contribution in [0, 0.1) is 17.5 Å². The van der Waals surface area contributed by atoms with E-state index in [9.17, 15) is 13.2 Å². The number of aliphatic imine (C=N–C) groups is 1. The number of rotatable bonds is 5. The first-order chi connectivity index (χ1) is 15.5. The minimum Gasteiger partial charge on any atom is -0.378 e. The Morgan fingerprint density at radius 3 is 2.39 bits per heavy atom. The van der Waals surface area contributed by atoms with Crippen LogP contribution in [0.1, 0.15) is 12.0 Å². The Morgan fingerprint density at radius 1 is 1.00 bits per heavy atom. The van der Waals surface area contributed by atoms with Crippen LogP contribution in [-0.4, -0.2) is 58.4 Å². The lowest BCUT2D eigenvalue weighted by molar-refractivity contribution is 0.122. The fraction of sp³-hybridized carbons (Fsp3) is 0.435. The van der Waals surface area contributed by atoms with Gasteiger partial charge < -0.3 is 25.2 Å². The number of guanidine groups is 1. The van der Waals surface area contributed by atoms with Crippen molar-refractivity contribution in [1.82, 2.24) is 10.6 Å². The predicted molar refractivity (Wildman–Crippen MR) is 135 cm³/mol. The van der Waals surface area contributed by atoms with E-state index in [2.05, 4.69) is 15.6 Å². The molecule has 0 radical (unpaired) electrons. The second-order valence-corrected chi connectivity index (χ2v) is 7.98. The summed E-state index contributed by atoms with van der Waals surface area (Å²) in [5, 5.41) is 6.54. The van der Waals surface area contributed by atoms with E-state index in [1.807, 2.05) is 15.9 Å². The molecule has 0 aliphatic carbocycles.